The smallest absolute Gasteiger partial charge is 0.0695 e. The molecule has 2 heteroatoms. The number of anilines is 1. The van der Waals surface area contributed by atoms with Crippen LogP contribution in [0.2, 0.25) is 5.02 Å². The third kappa shape index (κ3) is 3.11. The molecule has 2 aromatic rings. The second-order valence-corrected chi connectivity index (χ2v) is 4.21. The van der Waals surface area contributed by atoms with E-state index in [4.69, 9.17) is 11.6 Å². The molecule has 0 fully saturated rings. The molecule has 0 saturated carbocycles. The summed E-state index contributed by atoms with van der Waals surface area (Å²) in [5.74, 6) is 0. The molecule has 2 aromatic carbocycles. The maximum Gasteiger partial charge on any atom is 0.0695 e. The van der Waals surface area contributed by atoms with E-state index < -0.39 is 0 Å². The van der Waals surface area contributed by atoms with E-state index in [0.29, 0.717) is 0 Å². The summed E-state index contributed by atoms with van der Waals surface area (Å²) in [6, 6.07) is 18.0. The molecule has 0 bridgehead atoms. The predicted octanol–water partition coefficient (Wildman–Crippen LogP) is 4.68. The van der Waals surface area contributed by atoms with E-state index in [1.54, 1.807) is 0 Å². The van der Waals surface area contributed by atoms with Gasteiger partial charge in [0.15, 0.2) is 0 Å². The summed E-state index contributed by atoms with van der Waals surface area (Å²) >= 11 is 5.85. The highest BCUT2D eigenvalue weighted by atomic mass is 35.5. The molecule has 17 heavy (non-hydrogen) atoms. The predicted molar refractivity (Wildman–Crippen MR) is 74.5 cm³/mol. The van der Waals surface area contributed by atoms with Crippen LogP contribution >= 0.6 is 11.6 Å². The van der Waals surface area contributed by atoms with Crippen LogP contribution in [0.15, 0.2) is 67.3 Å². The third-order valence-electron chi connectivity index (χ3n) is 2.56. The molecular formula is C15H14ClN. The third-order valence-corrected chi connectivity index (χ3v) is 2.81. The lowest BCUT2D eigenvalue weighted by Crippen LogP contribution is -2.07. The lowest BCUT2D eigenvalue weighted by molar-refractivity contribution is 0.988. The lowest BCUT2D eigenvalue weighted by Gasteiger charge is -2.16. The van der Waals surface area contributed by atoms with Gasteiger partial charge in [-0.15, -0.1) is 6.58 Å². The van der Waals surface area contributed by atoms with Gasteiger partial charge in [-0.1, -0.05) is 48.0 Å². The quantitative estimate of drug-likeness (QED) is 0.769. The van der Waals surface area contributed by atoms with Crippen LogP contribution in [0, 0.1) is 0 Å². The second-order valence-electron chi connectivity index (χ2n) is 3.78. The first-order valence-corrected chi connectivity index (χ1v) is 5.87. The maximum absolute atomic E-state index is 5.85. The molecule has 0 saturated heterocycles. The molecule has 0 aliphatic carbocycles. The Morgan fingerprint density at radius 3 is 2.24 bits per heavy atom. The molecule has 0 aliphatic rings. The largest absolute Gasteiger partial charge is 0.375 e. The van der Waals surface area contributed by atoms with Crippen LogP contribution in [0.1, 0.15) is 11.6 Å². The fraction of sp³-hybridized carbons (Fsp3) is 0.0667. The van der Waals surface area contributed by atoms with Crippen molar-refractivity contribution in [1.29, 1.82) is 0 Å². The monoisotopic (exact) mass is 243 g/mol. The van der Waals surface area contributed by atoms with Crippen LogP contribution < -0.4 is 5.32 Å². The minimum Gasteiger partial charge on any atom is -0.375 e. The summed E-state index contributed by atoms with van der Waals surface area (Å²) < 4.78 is 0. The summed E-state index contributed by atoms with van der Waals surface area (Å²) in [6.45, 7) is 3.86. The summed E-state index contributed by atoms with van der Waals surface area (Å²) in [5, 5.41) is 4.14. The lowest BCUT2D eigenvalue weighted by atomic mass is 10.1. The first-order valence-electron chi connectivity index (χ1n) is 5.49. The van der Waals surface area contributed by atoms with Crippen molar-refractivity contribution in [3.8, 4) is 0 Å². The van der Waals surface area contributed by atoms with Crippen molar-refractivity contribution in [3.63, 3.8) is 0 Å². The molecule has 1 N–H and O–H groups in total. The van der Waals surface area contributed by atoms with Gasteiger partial charge < -0.3 is 5.32 Å². The van der Waals surface area contributed by atoms with E-state index in [1.165, 1.54) is 5.56 Å². The second kappa shape index (κ2) is 5.55. The molecule has 1 nitrogen and oxygen atoms in total. The van der Waals surface area contributed by atoms with Crippen LogP contribution in [0.4, 0.5) is 5.69 Å². The van der Waals surface area contributed by atoms with E-state index in [9.17, 15) is 0 Å². The van der Waals surface area contributed by atoms with Gasteiger partial charge in [0.05, 0.1) is 6.04 Å². The van der Waals surface area contributed by atoms with E-state index in [1.807, 2.05) is 48.5 Å². The van der Waals surface area contributed by atoms with Gasteiger partial charge in [0, 0.05) is 10.7 Å². The molecule has 0 aliphatic heterocycles. The molecule has 86 valence electrons. The summed E-state index contributed by atoms with van der Waals surface area (Å²) in [4.78, 5) is 0. The van der Waals surface area contributed by atoms with Crippen molar-refractivity contribution in [1.82, 2.24) is 0 Å². The highest BCUT2D eigenvalue weighted by Crippen LogP contribution is 2.21. The maximum atomic E-state index is 5.85. The zero-order valence-corrected chi connectivity index (χ0v) is 10.2. The first kappa shape index (κ1) is 11.7. The van der Waals surface area contributed by atoms with Crippen LogP contribution in [0.25, 0.3) is 0 Å². The van der Waals surface area contributed by atoms with Gasteiger partial charge in [-0.25, -0.2) is 0 Å². The summed E-state index contributed by atoms with van der Waals surface area (Å²) in [6.07, 6.45) is 1.89. The van der Waals surface area contributed by atoms with Crippen molar-refractivity contribution >= 4 is 17.3 Å². The van der Waals surface area contributed by atoms with Crippen molar-refractivity contribution in [2.75, 3.05) is 5.32 Å². The molecule has 0 aromatic heterocycles. The topological polar surface area (TPSA) is 12.0 Å². The van der Waals surface area contributed by atoms with Crippen LogP contribution in [0.5, 0.6) is 0 Å². The van der Waals surface area contributed by atoms with Crippen molar-refractivity contribution < 1.29 is 0 Å². The van der Waals surface area contributed by atoms with Crippen molar-refractivity contribution in [3.05, 3.63) is 77.8 Å². The Morgan fingerprint density at radius 1 is 1.00 bits per heavy atom. The molecule has 0 radical (unpaired) electrons. The molecule has 0 spiro atoms. The number of hydrogen-bond donors (Lipinski definition) is 1. The fourth-order valence-electron chi connectivity index (χ4n) is 1.66. The van der Waals surface area contributed by atoms with Gasteiger partial charge in [-0.3, -0.25) is 0 Å². The number of halogens is 1. The zero-order chi connectivity index (χ0) is 12.1. The SMILES string of the molecule is C=C[C@H](Nc1ccc(Cl)cc1)c1ccccc1. The van der Waals surface area contributed by atoms with E-state index >= 15 is 0 Å². The van der Waals surface area contributed by atoms with E-state index in [2.05, 4.69) is 24.0 Å². The Labute approximate surface area is 107 Å². The Kier molecular flexibility index (Phi) is 3.84. The van der Waals surface area contributed by atoms with Gasteiger partial charge in [0.1, 0.15) is 0 Å². The van der Waals surface area contributed by atoms with Gasteiger partial charge in [0.25, 0.3) is 0 Å². The number of benzene rings is 2. The first-order chi connectivity index (χ1) is 8.29. The van der Waals surface area contributed by atoms with Gasteiger partial charge in [-0.2, -0.15) is 0 Å². The number of nitrogens with one attached hydrogen (secondary N) is 1. The number of hydrogen-bond acceptors (Lipinski definition) is 1. The molecule has 2 rings (SSSR count). The molecule has 1 atom stereocenters. The van der Waals surface area contributed by atoms with Crippen molar-refractivity contribution in [2.24, 2.45) is 0 Å². The molecule has 0 amide bonds. The summed E-state index contributed by atoms with van der Waals surface area (Å²) in [7, 11) is 0. The Bertz CT molecular complexity index is 476. The zero-order valence-electron chi connectivity index (χ0n) is 9.44. The standard InChI is InChI=1S/C15H14ClN/c1-2-15(12-6-4-3-5-7-12)17-14-10-8-13(16)9-11-14/h2-11,15,17H,1H2/t15-/m0/s1. The molecule has 0 unspecified atom stereocenters. The Hall–Kier alpha value is -1.73. The normalized spacial score (nSPS) is 11.8. The van der Waals surface area contributed by atoms with Gasteiger partial charge in [0.2, 0.25) is 0 Å². The molecule has 0 heterocycles. The molecular weight excluding hydrogens is 230 g/mol. The Morgan fingerprint density at radius 2 is 1.65 bits per heavy atom. The summed E-state index contributed by atoms with van der Waals surface area (Å²) in [5.41, 5.74) is 2.22. The van der Waals surface area contributed by atoms with Gasteiger partial charge in [-0.05, 0) is 29.8 Å². The fourth-order valence-corrected chi connectivity index (χ4v) is 1.79. The number of rotatable bonds is 4. The van der Waals surface area contributed by atoms with Crippen LogP contribution in [-0.4, -0.2) is 0 Å². The average molecular weight is 244 g/mol. The van der Waals surface area contributed by atoms with Crippen LogP contribution in [0.3, 0.4) is 0 Å². The average Bonchev–Trinajstić information content (AvgIpc) is 2.39. The van der Waals surface area contributed by atoms with Crippen LogP contribution in [-0.2, 0) is 0 Å². The highest BCUT2D eigenvalue weighted by Gasteiger charge is 2.05. The minimum atomic E-state index is 0.109. The highest BCUT2D eigenvalue weighted by molar-refractivity contribution is 6.30. The minimum absolute atomic E-state index is 0.109. The van der Waals surface area contributed by atoms with E-state index in [-0.39, 0.29) is 6.04 Å². The van der Waals surface area contributed by atoms with Gasteiger partial charge >= 0.3 is 0 Å². The van der Waals surface area contributed by atoms with Crippen molar-refractivity contribution in [2.45, 2.75) is 6.04 Å². The Balaban J connectivity index is 2.16. The van der Waals surface area contributed by atoms with E-state index in [0.717, 1.165) is 10.7 Å².